The molecule has 0 radical (unpaired) electrons. The van der Waals surface area contributed by atoms with E-state index in [9.17, 15) is 0 Å². The van der Waals surface area contributed by atoms with Crippen LogP contribution in [0.2, 0.25) is 0 Å². The van der Waals surface area contributed by atoms with E-state index in [4.69, 9.17) is 0 Å². The minimum Gasteiger partial charge on any atom is -0.309 e. The number of rotatable bonds is 10. The molecule has 468 valence electrons. The predicted octanol–water partition coefficient (Wildman–Crippen LogP) is 25.8. The molecule has 0 spiro atoms. The van der Waals surface area contributed by atoms with Gasteiger partial charge in [0.2, 0.25) is 0 Å². The minimum atomic E-state index is 1.14. The monoisotopic (exact) mass is 1270 g/mol. The zero-order valence-electron chi connectivity index (χ0n) is 54.7. The maximum Gasteiger partial charge on any atom is 0.0641 e. The van der Waals surface area contributed by atoms with Crippen LogP contribution < -0.4 is 0 Å². The van der Waals surface area contributed by atoms with Crippen LogP contribution in [0.3, 0.4) is 0 Å². The molecule has 0 saturated carbocycles. The van der Waals surface area contributed by atoms with E-state index in [-0.39, 0.29) is 0 Å². The summed E-state index contributed by atoms with van der Waals surface area (Å²) in [6, 6.07) is 141. The lowest BCUT2D eigenvalue weighted by Gasteiger charge is -2.14. The highest BCUT2D eigenvalue weighted by molar-refractivity contribution is 6.28. The first-order valence-electron chi connectivity index (χ1n) is 34.4. The van der Waals surface area contributed by atoms with Gasteiger partial charge < -0.3 is 18.3 Å². The molecule has 4 aromatic heterocycles. The van der Waals surface area contributed by atoms with Gasteiger partial charge in [-0.3, -0.25) is 0 Å². The molecule has 4 nitrogen and oxygen atoms in total. The minimum absolute atomic E-state index is 1.14. The lowest BCUT2D eigenvalue weighted by molar-refractivity contribution is 1.17. The van der Waals surface area contributed by atoms with Crippen molar-refractivity contribution >= 4 is 87.2 Å². The van der Waals surface area contributed by atoms with Gasteiger partial charge >= 0.3 is 0 Å². The number of fused-ring (bicyclic) bond motifs is 14. The predicted molar refractivity (Wildman–Crippen MR) is 423 cm³/mol. The highest BCUT2D eigenvalue weighted by Gasteiger charge is 2.24. The summed E-state index contributed by atoms with van der Waals surface area (Å²) >= 11 is 0. The van der Waals surface area contributed by atoms with Crippen LogP contribution in [-0.2, 0) is 0 Å². The van der Waals surface area contributed by atoms with Gasteiger partial charge in [0, 0.05) is 65.8 Å². The van der Waals surface area contributed by atoms with E-state index in [1.165, 1.54) is 154 Å². The molecule has 0 bridgehead atoms. The summed E-state index contributed by atoms with van der Waals surface area (Å²) in [7, 11) is 0. The third kappa shape index (κ3) is 9.92. The zero-order valence-corrected chi connectivity index (χ0v) is 54.7. The summed E-state index contributed by atoms with van der Waals surface area (Å²) in [6.07, 6.45) is 0. The Morgan fingerprint density at radius 3 is 0.830 bits per heavy atom. The van der Waals surface area contributed by atoms with E-state index in [1.807, 2.05) is 0 Å². The molecule has 4 heteroatoms. The fourth-order valence-corrected chi connectivity index (χ4v) is 15.6. The Morgan fingerprint density at radius 1 is 0.130 bits per heavy atom. The van der Waals surface area contributed by atoms with Crippen molar-refractivity contribution in [2.24, 2.45) is 0 Å². The Hall–Kier alpha value is -13.3. The van der Waals surface area contributed by atoms with Crippen molar-refractivity contribution in [3.8, 4) is 89.5 Å². The van der Waals surface area contributed by atoms with Crippen LogP contribution in [0.25, 0.3) is 177 Å². The molecule has 0 aliphatic carbocycles. The summed E-state index contributed by atoms with van der Waals surface area (Å²) in [5.74, 6) is 0. The second kappa shape index (κ2) is 24.4. The molecule has 0 unspecified atom stereocenters. The van der Waals surface area contributed by atoms with Crippen LogP contribution in [0.1, 0.15) is 0 Å². The van der Waals surface area contributed by atoms with Gasteiger partial charge in [0.15, 0.2) is 0 Å². The second-order valence-corrected chi connectivity index (χ2v) is 25.9. The molecular weight excluding hydrogens is 1210 g/mol. The number of nitrogens with zero attached hydrogens (tertiary/aromatic N) is 4. The summed E-state index contributed by atoms with van der Waals surface area (Å²) in [5, 5.41) is 10.0. The topological polar surface area (TPSA) is 19.7 Å². The van der Waals surface area contributed by atoms with E-state index in [2.05, 4.69) is 407 Å². The third-order valence-corrected chi connectivity index (χ3v) is 20.2. The van der Waals surface area contributed by atoms with Crippen LogP contribution in [0, 0.1) is 0 Å². The van der Waals surface area contributed by atoms with Gasteiger partial charge in [-0.1, -0.05) is 291 Å². The van der Waals surface area contributed by atoms with Gasteiger partial charge in [0.05, 0.1) is 44.1 Å². The molecule has 0 fully saturated rings. The van der Waals surface area contributed by atoms with Crippen molar-refractivity contribution in [1.29, 1.82) is 0 Å². The summed E-state index contributed by atoms with van der Waals surface area (Å²) in [6.45, 7) is 0. The van der Waals surface area contributed by atoms with Gasteiger partial charge in [-0.05, 0) is 164 Å². The number of hydrogen-bond donors (Lipinski definition) is 0. The Balaban J connectivity index is 0.000000139. The smallest absolute Gasteiger partial charge is 0.0641 e. The van der Waals surface area contributed by atoms with Crippen molar-refractivity contribution in [2.45, 2.75) is 0 Å². The summed E-state index contributed by atoms with van der Waals surface area (Å²) in [5.41, 5.74) is 28.8. The number of hydrogen-bond acceptors (Lipinski definition) is 0. The van der Waals surface area contributed by atoms with Gasteiger partial charge in [0.1, 0.15) is 0 Å². The fourth-order valence-electron chi connectivity index (χ4n) is 15.6. The summed E-state index contributed by atoms with van der Waals surface area (Å²) in [4.78, 5) is 0. The molecular formula is C96H64N4. The van der Waals surface area contributed by atoms with E-state index in [0.717, 1.165) is 22.7 Å². The maximum atomic E-state index is 2.48. The van der Waals surface area contributed by atoms with Gasteiger partial charge in [0.25, 0.3) is 0 Å². The van der Waals surface area contributed by atoms with Crippen molar-refractivity contribution in [1.82, 2.24) is 18.3 Å². The number of aromatic nitrogens is 4. The molecule has 0 saturated heterocycles. The molecule has 0 aliphatic heterocycles. The quantitative estimate of drug-likeness (QED) is 0.130. The van der Waals surface area contributed by atoms with Crippen LogP contribution >= 0.6 is 0 Å². The lowest BCUT2D eigenvalue weighted by atomic mass is 9.98. The van der Waals surface area contributed by atoms with E-state index < -0.39 is 0 Å². The SMILES string of the molecule is c1ccc(-c2cc(-c3ccccc3)cc(-n3c4ccccc4c4c3ccc3c5ccc(-c6ccccc6)cc5n(-c5ccccc5)c34)c2)cc1.c1ccc(-c2cccc(-c3ccc(-n4c5ccccc5c5c4ccc4c6ccc(-c7ccccc7)cc6n(-c6ccccc6)c45)cc3)c2)cc1. The average molecular weight is 1270 g/mol. The Labute approximate surface area is 579 Å². The van der Waals surface area contributed by atoms with Crippen LogP contribution in [0.15, 0.2) is 388 Å². The Bertz CT molecular complexity index is 6390. The molecule has 0 amide bonds. The van der Waals surface area contributed by atoms with Crippen molar-refractivity contribution < 1.29 is 0 Å². The van der Waals surface area contributed by atoms with Crippen molar-refractivity contribution in [3.05, 3.63) is 388 Å². The Kier molecular flexibility index (Phi) is 14.2. The zero-order chi connectivity index (χ0) is 66.0. The molecule has 0 N–H and O–H groups in total. The van der Waals surface area contributed by atoms with E-state index in [1.54, 1.807) is 0 Å². The van der Waals surface area contributed by atoms with E-state index in [0.29, 0.717) is 0 Å². The second-order valence-electron chi connectivity index (χ2n) is 25.9. The molecule has 20 rings (SSSR count). The summed E-state index contributed by atoms with van der Waals surface area (Å²) < 4.78 is 9.84. The first-order chi connectivity index (χ1) is 49.6. The van der Waals surface area contributed by atoms with Crippen LogP contribution in [-0.4, -0.2) is 18.3 Å². The third-order valence-electron chi connectivity index (χ3n) is 20.2. The van der Waals surface area contributed by atoms with E-state index >= 15 is 0 Å². The molecule has 4 heterocycles. The largest absolute Gasteiger partial charge is 0.309 e. The number of para-hydroxylation sites is 4. The normalized spacial score (nSPS) is 11.6. The van der Waals surface area contributed by atoms with Gasteiger partial charge in [-0.2, -0.15) is 0 Å². The van der Waals surface area contributed by atoms with Gasteiger partial charge in [-0.25, -0.2) is 0 Å². The average Bonchev–Trinajstić information content (AvgIpc) is 1.55. The van der Waals surface area contributed by atoms with Crippen LogP contribution in [0.5, 0.6) is 0 Å². The molecule has 100 heavy (non-hydrogen) atoms. The van der Waals surface area contributed by atoms with Crippen LogP contribution in [0.4, 0.5) is 0 Å². The molecule has 0 atom stereocenters. The highest BCUT2D eigenvalue weighted by Crippen LogP contribution is 2.46. The molecule has 20 aromatic rings. The maximum absolute atomic E-state index is 2.48. The van der Waals surface area contributed by atoms with Crippen molar-refractivity contribution in [3.63, 3.8) is 0 Å². The molecule has 0 aliphatic rings. The first kappa shape index (κ1) is 58.1. The standard InChI is InChI=1S/2C48H32N2/c1-5-15-33(16-6-1)36-25-26-41-42-27-28-45-47(48(42)50(46(41)32-36)39-21-11-4-12-22-39)43-23-13-14-24-44(43)49(45)40-30-37(34-17-7-2-8-18-34)29-38(31-40)35-19-9-3-10-20-35;1-4-13-33(14-5-1)36-17-12-18-37(31-36)35-23-26-40(27-24-35)49-44-22-11-10-21-43(44)47-45(49)30-29-42-41-28-25-38(34-15-6-2-7-16-34)32-46(41)50(48(42)47)39-19-8-3-9-20-39/h2*1-32H. The van der Waals surface area contributed by atoms with Gasteiger partial charge in [-0.15, -0.1) is 0 Å². The fraction of sp³-hybridized carbons (Fsp3) is 0. The molecule has 16 aromatic carbocycles. The Morgan fingerprint density at radius 2 is 0.420 bits per heavy atom. The first-order valence-corrected chi connectivity index (χ1v) is 34.4. The van der Waals surface area contributed by atoms with Crippen molar-refractivity contribution in [2.75, 3.05) is 0 Å². The lowest BCUT2D eigenvalue weighted by Crippen LogP contribution is -1.96. The number of benzene rings is 16. The highest BCUT2D eigenvalue weighted by atomic mass is 15.0.